The molecule has 0 aromatic heterocycles. The third-order valence-electron chi connectivity index (χ3n) is 7.93. The number of carbonyl (C=O) groups excluding carboxylic acids is 3. The van der Waals surface area contributed by atoms with E-state index in [-0.39, 0.29) is 33.3 Å². The van der Waals surface area contributed by atoms with Gasteiger partial charge in [0.15, 0.2) is 0 Å². The van der Waals surface area contributed by atoms with Gasteiger partial charge in [-0.3, -0.25) is 15.0 Å². The Bertz CT molecular complexity index is 1820. The van der Waals surface area contributed by atoms with Gasteiger partial charge in [0, 0.05) is 16.5 Å². The van der Waals surface area contributed by atoms with Crippen molar-refractivity contribution in [3.05, 3.63) is 93.3 Å². The summed E-state index contributed by atoms with van der Waals surface area (Å²) in [6, 6.07) is 13.0. The minimum atomic E-state index is -4.74. The Morgan fingerprint density at radius 1 is 1.06 bits per heavy atom. The van der Waals surface area contributed by atoms with Crippen LogP contribution in [-0.2, 0) is 35.7 Å². The van der Waals surface area contributed by atoms with E-state index in [1.165, 1.54) is 25.1 Å². The minimum Gasteiger partial charge on any atom is -0.443 e. The molecule has 48 heavy (non-hydrogen) atoms. The number of nitrogens with one attached hydrogen (secondary N) is 3. The van der Waals surface area contributed by atoms with Crippen molar-refractivity contribution in [2.24, 2.45) is 0 Å². The predicted molar refractivity (Wildman–Crippen MR) is 179 cm³/mol. The normalized spacial score (nSPS) is 16.5. The maximum Gasteiger partial charge on any atom is 0.426 e. The number of sulfonamides is 1. The molecule has 0 saturated carbocycles. The molecule has 0 aliphatic carbocycles. The molecule has 2 unspecified atom stereocenters. The molecular weight excluding hydrogens is 663 g/mol. The van der Waals surface area contributed by atoms with Crippen molar-refractivity contribution in [2.75, 3.05) is 11.9 Å². The van der Waals surface area contributed by atoms with Crippen LogP contribution in [-0.4, -0.2) is 48.8 Å². The number of hydrogen-bond donors (Lipinski definition) is 3. The molecule has 3 amide bonds. The largest absolute Gasteiger partial charge is 0.443 e. The van der Waals surface area contributed by atoms with Gasteiger partial charge in [0.2, 0.25) is 15.9 Å². The van der Waals surface area contributed by atoms with Gasteiger partial charge in [0.1, 0.15) is 22.4 Å². The van der Waals surface area contributed by atoms with Crippen LogP contribution in [0.4, 0.5) is 14.9 Å². The first-order valence-corrected chi connectivity index (χ1v) is 17.1. The van der Waals surface area contributed by atoms with Gasteiger partial charge in [0.05, 0.1) is 24.9 Å². The van der Waals surface area contributed by atoms with Gasteiger partial charge < -0.3 is 14.8 Å². The second-order valence-corrected chi connectivity index (χ2v) is 14.9. The smallest absolute Gasteiger partial charge is 0.426 e. The monoisotopic (exact) mass is 702 g/mol. The molecule has 14 heteroatoms. The molecule has 3 N–H and O–H groups in total. The second kappa shape index (κ2) is 14.6. The van der Waals surface area contributed by atoms with Gasteiger partial charge in [-0.05, 0) is 82.0 Å². The van der Waals surface area contributed by atoms with E-state index in [0.717, 1.165) is 5.56 Å². The van der Waals surface area contributed by atoms with E-state index in [2.05, 4.69) is 16.2 Å². The predicted octanol–water partition coefficient (Wildman–Crippen LogP) is 6.04. The second-order valence-electron chi connectivity index (χ2n) is 12.7. The van der Waals surface area contributed by atoms with Crippen molar-refractivity contribution in [3.63, 3.8) is 0 Å². The van der Waals surface area contributed by atoms with Crippen LogP contribution in [0.15, 0.2) is 59.5 Å². The Hall–Kier alpha value is -4.04. The van der Waals surface area contributed by atoms with E-state index < -0.39 is 64.0 Å². The standard InChI is InChI=1S/C34H40ClFN4O7S/c1-19-13-14-26(36)29(20(19)2)21(3)30(32(42)38-39-33(43)47-34(5,6)7)40-17-28(41)37-27-16-24(35)15-25(31(27)48(40,44)45)22(4)46-18-23-11-9-8-10-12-23/h8-16,21-22,30H,17-18H2,1-7H3,(H,37,41)(H,38,42)(H,39,43)/t21?,22?,30-/m0/s1. The highest BCUT2D eigenvalue weighted by Crippen LogP contribution is 2.41. The minimum absolute atomic E-state index is 0.0726. The molecule has 0 spiro atoms. The quantitative estimate of drug-likeness (QED) is 0.243. The molecule has 1 aliphatic heterocycles. The third-order valence-corrected chi connectivity index (χ3v) is 10.1. The van der Waals surface area contributed by atoms with E-state index >= 15 is 4.39 Å². The summed E-state index contributed by atoms with van der Waals surface area (Å²) in [7, 11) is -4.74. The molecule has 1 heterocycles. The van der Waals surface area contributed by atoms with Crippen LogP contribution >= 0.6 is 11.6 Å². The van der Waals surface area contributed by atoms with Crippen molar-refractivity contribution in [1.29, 1.82) is 0 Å². The van der Waals surface area contributed by atoms with Gasteiger partial charge in [-0.2, -0.15) is 4.31 Å². The molecule has 11 nitrogen and oxygen atoms in total. The molecule has 1 aliphatic rings. The fourth-order valence-electron chi connectivity index (χ4n) is 5.58. The molecular formula is C34H40ClFN4O7S. The average molecular weight is 703 g/mol. The van der Waals surface area contributed by atoms with E-state index in [1.54, 1.807) is 47.6 Å². The molecule has 258 valence electrons. The Kier molecular flexibility index (Phi) is 11.2. The summed E-state index contributed by atoms with van der Waals surface area (Å²) in [5.41, 5.74) is 5.59. The summed E-state index contributed by atoms with van der Waals surface area (Å²) in [5.74, 6) is -3.62. The van der Waals surface area contributed by atoms with Gasteiger partial charge in [0.25, 0.3) is 5.91 Å². The van der Waals surface area contributed by atoms with Crippen LogP contribution in [0, 0.1) is 19.7 Å². The maximum atomic E-state index is 15.5. The Morgan fingerprint density at radius 2 is 1.73 bits per heavy atom. The van der Waals surface area contributed by atoms with Crippen LogP contribution in [0.1, 0.15) is 74.5 Å². The van der Waals surface area contributed by atoms with Crippen molar-refractivity contribution >= 4 is 45.2 Å². The van der Waals surface area contributed by atoms with Crippen LogP contribution in [0.25, 0.3) is 0 Å². The lowest BCUT2D eigenvalue weighted by atomic mass is 9.87. The zero-order valence-electron chi connectivity index (χ0n) is 27.8. The number of carbonyl (C=O) groups is 3. The van der Waals surface area contributed by atoms with E-state index in [1.807, 2.05) is 30.3 Å². The van der Waals surface area contributed by atoms with E-state index in [0.29, 0.717) is 15.4 Å². The number of anilines is 1. The number of nitrogens with zero attached hydrogens (tertiary/aromatic N) is 1. The lowest BCUT2D eigenvalue weighted by molar-refractivity contribution is -0.127. The van der Waals surface area contributed by atoms with Crippen LogP contribution < -0.4 is 16.2 Å². The first-order valence-electron chi connectivity index (χ1n) is 15.3. The number of amides is 3. The molecule has 3 aromatic carbocycles. The van der Waals surface area contributed by atoms with Gasteiger partial charge in [-0.15, -0.1) is 0 Å². The Morgan fingerprint density at radius 3 is 2.38 bits per heavy atom. The van der Waals surface area contributed by atoms with Crippen molar-refractivity contribution < 1.29 is 36.7 Å². The van der Waals surface area contributed by atoms with Crippen molar-refractivity contribution in [1.82, 2.24) is 15.2 Å². The van der Waals surface area contributed by atoms with Crippen molar-refractivity contribution in [3.8, 4) is 0 Å². The zero-order chi connectivity index (χ0) is 35.6. The molecule has 0 bridgehead atoms. The van der Waals surface area contributed by atoms with Crippen LogP contribution in [0.3, 0.4) is 0 Å². The molecule has 4 rings (SSSR count). The van der Waals surface area contributed by atoms with E-state index in [4.69, 9.17) is 21.1 Å². The fourth-order valence-corrected chi connectivity index (χ4v) is 7.82. The highest BCUT2D eigenvalue weighted by atomic mass is 35.5. The topological polar surface area (TPSA) is 143 Å². The number of fused-ring (bicyclic) bond motifs is 1. The summed E-state index contributed by atoms with van der Waals surface area (Å²) < 4.78 is 57.0. The van der Waals surface area contributed by atoms with Gasteiger partial charge in [-0.1, -0.05) is 54.9 Å². The summed E-state index contributed by atoms with van der Waals surface area (Å²) in [5, 5.41) is 2.75. The van der Waals surface area contributed by atoms with Crippen LogP contribution in [0.5, 0.6) is 0 Å². The summed E-state index contributed by atoms with van der Waals surface area (Å²) >= 11 is 6.41. The van der Waals surface area contributed by atoms with Gasteiger partial charge >= 0.3 is 6.09 Å². The van der Waals surface area contributed by atoms with Gasteiger partial charge in [-0.25, -0.2) is 23.0 Å². The Labute approximate surface area is 285 Å². The summed E-state index contributed by atoms with van der Waals surface area (Å²) in [6.07, 6.45) is -1.86. The number of rotatable bonds is 8. The highest BCUT2D eigenvalue weighted by molar-refractivity contribution is 7.89. The zero-order valence-corrected chi connectivity index (χ0v) is 29.4. The number of hydrazine groups is 1. The summed E-state index contributed by atoms with van der Waals surface area (Å²) in [4.78, 5) is 39.5. The molecule has 3 atom stereocenters. The first-order chi connectivity index (χ1) is 22.4. The number of benzene rings is 3. The Balaban J connectivity index is 1.84. The highest BCUT2D eigenvalue weighted by Gasteiger charge is 2.46. The molecule has 0 fully saturated rings. The maximum absolute atomic E-state index is 15.5. The molecule has 0 saturated heterocycles. The first kappa shape index (κ1) is 36.8. The molecule has 3 aromatic rings. The SMILES string of the molecule is Cc1ccc(F)c(C(C)[C@@H](C(=O)NNC(=O)OC(C)(C)C)N2CC(=O)Nc3cc(Cl)cc(C(C)OCc4ccccc4)c3S2(=O)=O)c1C. The van der Waals surface area contributed by atoms with Crippen LogP contribution in [0.2, 0.25) is 5.02 Å². The number of halogens is 2. The fraction of sp³-hybridized carbons (Fsp3) is 0.382. The average Bonchev–Trinajstić information content (AvgIpc) is 3.08. The third kappa shape index (κ3) is 8.32. The number of aryl methyl sites for hydroxylation is 1. The number of hydrogen-bond acceptors (Lipinski definition) is 7. The lowest BCUT2D eigenvalue weighted by Gasteiger charge is -2.34. The number of ether oxygens (including phenoxy) is 2. The molecule has 0 radical (unpaired) electrons. The van der Waals surface area contributed by atoms with Crippen molar-refractivity contribution in [2.45, 2.75) is 83.6 Å². The summed E-state index contributed by atoms with van der Waals surface area (Å²) in [6.45, 7) is 10.7. The van der Waals surface area contributed by atoms with E-state index in [9.17, 15) is 22.8 Å². The lowest BCUT2D eigenvalue weighted by Crippen LogP contribution is -2.57.